The Morgan fingerprint density at radius 2 is 1.61 bits per heavy atom. The lowest BCUT2D eigenvalue weighted by Crippen LogP contribution is -2.14. The summed E-state index contributed by atoms with van der Waals surface area (Å²) in [5.41, 5.74) is 3.96. The van der Waals surface area contributed by atoms with Gasteiger partial charge >= 0.3 is 7.60 Å². The van der Waals surface area contributed by atoms with Crippen molar-refractivity contribution in [2.75, 3.05) is 13.2 Å². The Balaban J connectivity index is 1.82. The lowest BCUT2D eigenvalue weighted by Gasteiger charge is -2.18. The standard InChI is InChI=1S/C27H24NO4P/c1-3-31-33(29,32-4-2)26-15-14-20-17-21(25-13-8-16-30-25)18-24(27(20)28-26)23-12-7-10-19-9-5-6-11-22(19)23/h5-18H,3-4H2,1-2H3. The molecule has 0 bridgehead atoms. The summed E-state index contributed by atoms with van der Waals surface area (Å²) in [6.07, 6.45) is 1.67. The molecule has 5 nitrogen and oxygen atoms in total. The van der Waals surface area contributed by atoms with E-state index in [4.69, 9.17) is 18.4 Å². The molecule has 33 heavy (non-hydrogen) atoms. The van der Waals surface area contributed by atoms with Crippen LogP contribution in [-0.2, 0) is 13.6 Å². The summed E-state index contributed by atoms with van der Waals surface area (Å²) >= 11 is 0. The maximum Gasteiger partial charge on any atom is 0.379 e. The van der Waals surface area contributed by atoms with E-state index in [1.807, 2.05) is 42.5 Å². The highest BCUT2D eigenvalue weighted by atomic mass is 31.2. The summed E-state index contributed by atoms with van der Waals surface area (Å²) in [6, 6.07) is 26.0. The fourth-order valence-electron chi connectivity index (χ4n) is 4.14. The zero-order chi connectivity index (χ0) is 22.8. The number of hydrogen-bond acceptors (Lipinski definition) is 5. The number of furan rings is 1. The van der Waals surface area contributed by atoms with Gasteiger partial charge in [-0.15, -0.1) is 0 Å². The molecule has 0 aliphatic rings. The van der Waals surface area contributed by atoms with Crippen LogP contribution in [0.1, 0.15) is 13.8 Å². The topological polar surface area (TPSA) is 61.6 Å². The van der Waals surface area contributed by atoms with Gasteiger partial charge in [0.1, 0.15) is 5.76 Å². The van der Waals surface area contributed by atoms with Crippen LogP contribution < -0.4 is 5.44 Å². The minimum Gasteiger partial charge on any atom is -0.464 e. The molecule has 0 aliphatic carbocycles. The first-order chi connectivity index (χ1) is 16.1. The van der Waals surface area contributed by atoms with Gasteiger partial charge in [0.15, 0.2) is 5.44 Å². The molecule has 0 spiro atoms. The van der Waals surface area contributed by atoms with Crippen LogP contribution in [0.5, 0.6) is 0 Å². The predicted octanol–water partition coefficient (Wildman–Crippen LogP) is 7.21. The van der Waals surface area contributed by atoms with Gasteiger partial charge in [0.05, 0.1) is 25.0 Å². The summed E-state index contributed by atoms with van der Waals surface area (Å²) < 4.78 is 30.3. The maximum atomic E-state index is 13.5. The molecule has 0 saturated carbocycles. The highest BCUT2D eigenvalue weighted by Gasteiger charge is 2.29. The fraction of sp³-hybridized carbons (Fsp3) is 0.148. The molecule has 0 amide bonds. The zero-order valence-corrected chi connectivity index (χ0v) is 19.4. The van der Waals surface area contributed by atoms with Crippen LogP contribution >= 0.6 is 7.60 Å². The molecule has 0 radical (unpaired) electrons. The van der Waals surface area contributed by atoms with Crippen molar-refractivity contribution < 1.29 is 18.0 Å². The van der Waals surface area contributed by atoms with Gasteiger partial charge in [-0.1, -0.05) is 48.5 Å². The quantitative estimate of drug-likeness (QED) is 0.242. The molecule has 5 aromatic rings. The van der Waals surface area contributed by atoms with Crippen LogP contribution in [-0.4, -0.2) is 18.2 Å². The van der Waals surface area contributed by atoms with E-state index in [-0.39, 0.29) is 13.2 Å². The van der Waals surface area contributed by atoms with Gasteiger partial charge in [0, 0.05) is 16.5 Å². The molecule has 0 unspecified atom stereocenters. The molecule has 0 fully saturated rings. The van der Waals surface area contributed by atoms with Gasteiger partial charge in [-0.2, -0.15) is 0 Å². The molecule has 0 saturated heterocycles. The van der Waals surface area contributed by atoms with E-state index in [0.717, 1.165) is 44.1 Å². The van der Waals surface area contributed by atoms with Crippen LogP contribution in [0.25, 0.3) is 44.1 Å². The lowest BCUT2D eigenvalue weighted by molar-refractivity contribution is 0.229. The molecule has 0 N–H and O–H groups in total. The molecule has 6 heteroatoms. The van der Waals surface area contributed by atoms with Crippen molar-refractivity contribution in [2.24, 2.45) is 0 Å². The molecular formula is C27H24NO4P. The van der Waals surface area contributed by atoms with Crippen molar-refractivity contribution in [2.45, 2.75) is 13.8 Å². The molecule has 2 aromatic heterocycles. The largest absolute Gasteiger partial charge is 0.464 e. The highest BCUT2D eigenvalue weighted by molar-refractivity contribution is 7.61. The third-order valence-corrected chi connectivity index (χ3v) is 7.55. The summed E-state index contributed by atoms with van der Waals surface area (Å²) in [5, 5.41) is 3.16. The van der Waals surface area contributed by atoms with Gasteiger partial charge in [0.25, 0.3) is 0 Å². The zero-order valence-electron chi connectivity index (χ0n) is 18.5. The van der Waals surface area contributed by atoms with E-state index in [1.165, 1.54) is 0 Å². The smallest absolute Gasteiger partial charge is 0.379 e. The first-order valence-electron chi connectivity index (χ1n) is 11.0. The molecule has 2 heterocycles. The van der Waals surface area contributed by atoms with Crippen molar-refractivity contribution in [3.05, 3.63) is 85.1 Å². The van der Waals surface area contributed by atoms with Crippen LogP contribution in [0.4, 0.5) is 0 Å². The van der Waals surface area contributed by atoms with E-state index in [1.54, 1.807) is 26.2 Å². The molecular weight excluding hydrogens is 433 g/mol. The maximum absolute atomic E-state index is 13.5. The van der Waals surface area contributed by atoms with E-state index in [2.05, 4.69) is 30.3 Å². The van der Waals surface area contributed by atoms with Gasteiger partial charge in [-0.3, -0.25) is 4.57 Å². The van der Waals surface area contributed by atoms with Crippen molar-refractivity contribution in [3.63, 3.8) is 0 Å². The molecule has 5 rings (SSSR count). The van der Waals surface area contributed by atoms with Crippen LogP contribution in [0.15, 0.2) is 89.5 Å². The van der Waals surface area contributed by atoms with Gasteiger partial charge in [-0.05, 0) is 60.5 Å². The minimum absolute atomic E-state index is 0.268. The third-order valence-electron chi connectivity index (χ3n) is 5.54. The Morgan fingerprint density at radius 3 is 2.36 bits per heavy atom. The van der Waals surface area contributed by atoms with Crippen molar-refractivity contribution in [1.82, 2.24) is 4.98 Å². The fourth-order valence-corrected chi connectivity index (χ4v) is 5.64. The second kappa shape index (κ2) is 8.95. The second-order valence-electron chi connectivity index (χ2n) is 7.60. The first-order valence-corrected chi connectivity index (χ1v) is 12.5. The van der Waals surface area contributed by atoms with E-state index < -0.39 is 7.60 Å². The van der Waals surface area contributed by atoms with Crippen molar-refractivity contribution in [3.8, 4) is 22.5 Å². The number of nitrogens with zero attached hydrogens (tertiary/aromatic N) is 1. The number of pyridine rings is 1. The highest BCUT2D eigenvalue weighted by Crippen LogP contribution is 2.47. The minimum atomic E-state index is -3.53. The first kappa shape index (κ1) is 21.6. The van der Waals surface area contributed by atoms with Gasteiger partial charge in [-0.25, -0.2) is 4.98 Å². The van der Waals surface area contributed by atoms with E-state index >= 15 is 0 Å². The SMILES string of the molecule is CCOP(=O)(OCC)c1ccc2cc(-c3ccco3)cc(-c3cccc4ccccc34)c2n1. The normalized spacial score (nSPS) is 11.9. The molecule has 3 aromatic carbocycles. The van der Waals surface area contributed by atoms with Crippen LogP contribution in [0, 0.1) is 0 Å². The van der Waals surface area contributed by atoms with E-state index in [0.29, 0.717) is 5.44 Å². The molecule has 166 valence electrons. The monoisotopic (exact) mass is 457 g/mol. The van der Waals surface area contributed by atoms with Crippen LogP contribution in [0.3, 0.4) is 0 Å². The Kier molecular flexibility index (Phi) is 5.86. The third kappa shape index (κ3) is 4.00. The Labute approximate surface area is 192 Å². The number of aromatic nitrogens is 1. The predicted molar refractivity (Wildman–Crippen MR) is 133 cm³/mol. The number of rotatable bonds is 7. The number of fused-ring (bicyclic) bond motifs is 2. The summed E-state index contributed by atoms with van der Waals surface area (Å²) in [6.45, 7) is 4.13. The number of benzene rings is 3. The Bertz CT molecular complexity index is 1460. The van der Waals surface area contributed by atoms with Gasteiger partial charge in [0.2, 0.25) is 0 Å². The summed E-state index contributed by atoms with van der Waals surface area (Å²) in [5.74, 6) is 0.775. The second-order valence-corrected chi connectivity index (χ2v) is 9.57. The van der Waals surface area contributed by atoms with Gasteiger partial charge < -0.3 is 13.5 Å². The Hall–Kier alpha value is -3.24. The average molecular weight is 457 g/mol. The Morgan fingerprint density at radius 1 is 0.818 bits per heavy atom. The van der Waals surface area contributed by atoms with Crippen molar-refractivity contribution >= 4 is 34.7 Å². The molecule has 0 aliphatic heterocycles. The van der Waals surface area contributed by atoms with Crippen LogP contribution in [0.2, 0.25) is 0 Å². The van der Waals surface area contributed by atoms with E-state index in [9.17, 15) is 4.57 Å². The average Bonchev–Trinajstić information content (AvgIpc) is 3.38. The number of hydrogen-bond donors (Lipinski definition) is 0. The summed E-state index contributed by atoms with van der Waals surface area (Å²) in [7, 11) is -3.53. The summed E-state index contributed by atoms with van der Waals surface area (Å²) in [4.78, 5) is 4.85. The van der Waals surface area contributed by atoms with Crippen molar-refractivity contribution in [1.29, 1.82) is 0 Å². The lowest BCUT2D eigenvalue weighted by atomic mass is 9.94. The molecule has 0 atom stereocenters.